The molecule has 1 atom stereocenters. The van der Waals surface area contributed by atoms with Crippen molar-refractivity contribution in [3.05, 3.63) is 23.4 Å². The van der Waals surface area contributed by atoms with Gasteiger partial charge in [0.2, 0.25) is 0 Å². The van der Waals surface area contributed by atoms with E-state index in [9.17, 15) is 0 Å². The predicted octanol–water partition coefficient (Wildman–Crippen LogP) is 3.22. The quantitative estimate of drug-likeness (QED) is 0.615. The van der Waals surface area contributed by atoms with Gasteiger partial charge in [0.15, 0.2) is 0 Å². The summed E-state index contributed by atoms with van der Waals surface area (Å²) in [6.45, 7) is 6.47. The Kier molecular flexibility index (Phi) is 6.06. The van der Waals surface area contributed by atoms with Crippen LogP contribution in [0.5, 0.6) is 0 Å². The summed E-state index contributed by atoms with van der Waals surface area (Å²) in [4.78, 5) is 4.25. The van der Waals surface area contributed by atoms with Gasteiger partial charge in [-0.3, -0.25) is 0 Å². The molecule has 0 amide bonds. The Morgan fingerprint density at radius 2 is 2.33 bits per heavy atom. The van der Waals surface area contributed by atoms with Gasteiger partial charge in [-0.2, -0.15) is 0 Å². The number of nitrogens with one attached hydrogen (secondary N) is 1. The van der Waals surface area contributed by atoms with E-state index in [1.165, 1.54) is 6.42 Å². The molecule has 15 heavy (non-hydrogen) atoms. The Labute approximate surface area is 101 Å². The van der Waals surface area contributed by atoms with Gasteiger partial charge >= 0.3 is 0 Å². The Bertz CT molecular complexity index is 276. The monoisotopic (exact) mass is 244 g/mol. The molecule has 0 aliphatic heterocycles. The minimum Gasteiger partial charge on any atom is -0.316 e. The molecule has 2 nitrogen and oxygen atoms in total. The summed E-state index contributed by atoms with van der Waals surface area (Å²) in [5, 5.41) is 5.65. The van der Waals surface area contributed by atoms with Gasteiger partial charge < -0.3 is 5.32 Å². The molecule has 4 heteroatoms. The first kappa shape index (κ1) is 12.8. The first-order chi connectivity index (χ1) is 7.22. The van der Waals surface area contributed by atoms with E-state index in [-0.39, 0.29) is 0 Å². The minimum absolute atomic E-state index is 0.533. The molecule has 84 valence electrons. The van der Waals surface area contributed by atoms with Crippen molar-refractivity contribution in [1.29, 1.82) is 0 Å². The van der Waals surface area contributed by atoms with Crippen LogP contribution in [0.1, 0.15) is 20.3 Å². The van der Waals surface area contributed by atoms with Gasteiger partial charge in [-0.15, -0.1) is 11.8 Å². The number of aromatic nitrogens is 1. The van der Waals surface area contributed by atoms with E-state index in [0.717, 1.165) is 18.1 Å². The number of hydrogen-bond acceptors (Lipinski definition) is 3. The molecule has 0 saturated carbocycles. The van der Waals surface area contributed by atoms with E-state index in [2.05, 4.69) is 24.1 Å². The lowest BCUT2D eigenvalue weighted by Gasteiger charge is -2.11. The van der Waals surface area contributed by atoms with Crippen LogP contribution in [0.15, 0.2) is 23.4 Å². The van der Waals surface area contributed by atoms with E-state index in [1.54, 1.807) is 18.0 Å². The number of hydrogen-bond donors (Lipinski definition) is 1. The topological polar surface area (TPSA) is 24.9 Å². The van der Waals surface area contributed by atoms with Crippen LogP contribution in [-0.2, 0) is 0 Å². The molecular formula is C11H17ClN2S. The van der Waals surface area contributed by atoms with E-state index in [0.29, 0.717) is 10.3 Å². The highest BCUT2D eigenvalue weighted by molar-refractivity contribution is 7.99. The smallest absolute Gasteiger partial charge is 0.0964 e. The third-order valence-corrected chi connectivity index (χ3v) is 3.16. The fourth-order valence-corrected chi connectivity index (χ4v) is 2.15. The predicted molar refractivity (Wildman–Crippen MR) is 67.7 cm³/mol. The van der Waals surface area contributed by atoms with E-state index in [4.69, 9.17) is 11.6 Å². The maximum atomic E-state index is 5.77. The highest BCUT2D eigenvalue weighted by Gasteiger charge is 2.04. The summed E-state index contributed by atoms with van der Waals surface area (Å²) in [6.07, 6.45) is 2.87. The molecule has 0 radical (unpaired) electrons. The third kappa shape index (κ3) is 5.40. The summed E-state index contributed by atoms with van der Waals surface area (Å²) >= 11 is 7.54. The molecular weight excluding hydrogens is 228 g/mol. The Hall–Kier alpha value is -0.250. The molecule has 0 aliphatic rings. The van der Waals surface area contributed by atoms with Crippen LogP contribution < -0.4 is 5.32 Å². The van der Waals surface area contributed by atoms with Crippen molar-refractivity contribution in [2.75, 3.05) is 13.1 Å². The molecule has 1 unspecified atom stereocenters. The zero-order chi connectivity index (χ0) is 11.1. The fraction of sp³-hybridized carbons (Fsp3) is 0.545. The largest absolute Gasteiger partial charge is 0.316 e. The van der Waals surface area contributed by atoms with Gasteiger partial charge in [0.05, 0.1) is 10.0 Å². The number of halogens is 1. The summed E-state index contributed by atoms with van der Waals surface area (Å²) in [5.41, 5.74) is 0. The summed E-state index contributed by atoms with van der Waals surface area (Å²) in [6, 6.07) is 3.84. The minimum atomic E-state index is 0.533. The fourth-order valence-electron chi connectivity index (χ4n) is 1.16. The standard InChI is InChI=1S/C11H17ClN2S/c1-3-6-13-7-9(2)15-11-5-4-10(12)8-14-11/h4-5,8-9,13H,3,6-7H2,1-2H3. The van der Waals surface area contributed by atoms with Crippen LogP contribution in [0.2, 0.25) is 5.02 Å². The average Bonchev–Trinajstić information content (AvgIpc) is 2.22. The van der Waals surface area contributed by atoms with Crippen molar-refractivity contribution < 1.29 is 0 Å². The van der Waals surface area contributed by atoms with Gasteiger partial charge in [0.25, 0.3) is 0 Å². The highest BCUT2D eigenvalue weighted by atomic mass is 35.5. The van der Waals surface area contributed by atoms with Crippen LogP contribution in [0.3, 0.4) is 0 Å². The van der Waals surface area contributed by atoms with Gasteiger partial charge in [-0.25, -0.2) is 4.98 Å². The van der Waals surface area contributed by atoms with Crippen molar-refractivity contribution in [2.24, 2.45) is 0 Å². The van der Waals surface area contributed by atoms with E-state index >= 15 is 0 Å². The van der Waals surface area contributed by atoms with Crippen molar-refractivity contribution in [1.82, 2.24) is 10.3 Å². The Balaban J connectivity index is 2.31. The average molecular weight is 245 g/mol. The lowest BCUT2D eigenvalue weighted by molar-refractivity contribution is 0.668. The van der Waals surface area contributed by atoms with Gasteiger partial charge in [0, 0.05) is 18.0 Å². The van der Waals surface area contributed by atoms with Gasteiger partial charge in [-0.05, 0) is 25.1 Å². The molecule has 0 spiro atoms. The van der Waals surface area contributed by atoms with Crippen LogP contribution in [0, 0.1) is 0 Å². The van der Waals surface area contributed by atoms with Crippen molar-refractivity contribution in [3.8, 4) is 0 Å². The molecule has 1 N–H and O–H groups in total. The summed E-state index contributed by atoms with van der Waals surface area (Å²) < 4.78 is 0. The molecule has 0 fully saturated rings. The second-order valence-electron chi connectivity index (χ2n) is 3.45. The van der Waals surface area contributed by atoms with E-state index < -0.39 is 0 Å². The van der Waals surface area contributed by atoms with E-state index in [1.807, 2.05) is 12.1 Å². The Morgan fingerprint density at radius 1 is 1.53 bits per heavy atom. The summed E-state index contributed by atoms with van der Waals surface area (Å²) in [7, 11) is 0. The first-order valence-electron chi connectivity index (χ1n) is 5.21. The van der Waals surface area contributed by atoms with Crippen molar-refractivity contribution in [3.63, 3.8) is 0 Å². The van der Waals surface area contributed by atoms with Gasteiger partial charge in [0.1, 0.15) is 0 Å². The normalized spacial score (nSPS) is 12.7. The van der Waals surface area contributed by atoms with Crippen LogP contribution in [0.4, 0.5) is 0 Å². The zero-order valence-electron chi connectivity index (χ0n) is 9.16. The van der Waals surface area contributed by atoms with Crippen LogP contribution in [-0.4, -0.2) is 23.3 Å². The van der Waals surface area contributed by atoms with Crippen LogP contribution in [0.25, 0.3) is 0 Å². The molecule has 1 aromatic rings. The second-order valence-corrected chi connectivity index (χ2v) is 5.34. The maximum Gasteiger partial charge on any atom is 0.0964 e. The SMILES string of the molecule is CCCNCC(C)Sc1ccc(Cl)cn1. The third-order valence-electron chi connectivity index (χ3n) is 1.88. The Morgan fingerprint density at radius 3 is 2.93 bits per heavy atom. The highest BCUT2D eigenvalue weighted by Crippen LogP contribution is 2.21. The van der Waals surface area contributed by atoms with Gasteiger partial charge in [-0.1, -0.05) is 25.4 Å². The lowest BCUT2D eigenvalue weighted by atomic mass is 10.4. The summed E-state index contributed by atoms with van der Waals surface area (Å²) in [5.74, 6) is 0. The molecule has 0 aliphatic carbocycles. The molecule has 1 rings (SSSR count). The lowest BCUT2D eigenvalue weighted by Crippen LogP contribution is -2.23. The second kappa shape index (κ2) is 7.09. The van der Waals surface area contributed by atoms with Crippen LogP contribution >= 0.6 is 23.4 Å². The maximum absolute atomic E-state index is 5.77. The molecule has 1 heterocycles. The van der Waals surface area contributed by atoms with Crippen molar-refractivity contribution in [2.45, 2.75) is 30.5 Å². The zero-order valence-corrected chi connectivity index (χ0v) is 10.7. The van der Waals surface area contributed by atoms with Crippen molar-refractivity contribution >= 4 is 23.4 Å². The molecule has 0 aromatic carbocycles. The first-order valence-corrected chi connectivity index (χ1v) is 6.47. The molecule has 0 bridgehead atoms. The molecule has 1 aromatic heterocycles. The number of rotatable bonds is 6. The number of thioether (sulfide) groups is 1. The molecule has 0 saturated heterocycles. The number of pyridine rings is 1. The number of nitrogens with zero attached hydrogens (tertiary/aromatic N) is 1.